The second kappa shape index (κ2) is 7.44. The molecule has 0 aliphatic carbocycles. The predicted molar refractivity (Wildman–Crippen MR) is 119 cm³/mol. The molecule has 1 amide bonds. The summed E-state index contributed by atoms with van der Waals surface area (Å²) < 4.78 is 7.55. The van der Waals surface area contributed by atoms with Crippen LogP contribution in [0.15, 0.2) is 40.9 Å². The van der Waals surface area contributed by atoms with Gasteiger partial charge in [-0.25, -0.2) is 9.67 Å². The van der Waals surface area contributed by atoms with E-state index in [2.05, 4.69) is 10.4 Å². The maximum Gasteiger partial charge on any atom is 0.256 e. The molecule has 6 nitrogen and oxygen atoms in total. The number of benzene rings is 1. The average Bonchev–Trinajstić information content (AvgIpc) is 3.26. The molecule has 0 spiro atoms. The topological polar surface area (TPSA) is 73.0 Å². The van der Waals surface area contributed by atoms with Crippen molar-refractivity contribution >= 4 is 22.6 Å². The Balaban J connectivity index is 1.90. The van der Waals surface area contributed by atoms with Crippen LogP contribution < -0.4 is 5.32 Å². The number of fused-ring (bicyclic) bond motifs is 1. The zero-order valence-electron chi connectivity index (χ0n) is 18.2. The fraction of sp³-hybridized carbons (Fsp3) is 0.292. The standard InChI is InChI=1S/C24H26N4O2/c1-13(2)28-23-20(12-25-28)19(11-21(26-23)18-10-16(5)30-17(18)6)24(29)27-22-14(3)8-7-9-15(22)4/h7-13H,1-6H3,(H,27,29). The summed E-state index contributed by atoms with van der Waals surface area (Å²) in [7, 11) is 0. The van der Waals surface area contributed by atoms with Gasteiger partial charge in [0.05, 0.1) is 22.8 Å². The zero-order chi connectivity index (χ0) is 21.6. The number of nitrogens with one attached hydrogen (secondary N) is 1. The molecule has 3 heterocycles. The Kier molecular flexibility index (Phi) is 4.94. The fourth-order valence-corrected chi connectivity index (χ4v) is 3.80. The lowest BCUT2D eigenvalue weighted by molar-refractivity contribution is 0.102. The molecule has 6 heteroatoms. The van der Waals surface area contributed by atoms with Gasteiger partial charge in [0.1, 0.15) is 11.5 Å². The molecule has 0 unspecified atom stereocenters. The van der Waals surface area contributed by atoms with Crippen LogP contribution in [0.3, 0.4) is 0 Å². The van der Waals surface area contributed by atoms with Crippen molar-refractivity contribution < 1.29 is 9.21 Å². The molecule has 0 radical (unpaired) electrons. The average molecular weight is 402 g/mol. The van der Waals surface area contributed by atoms with Crippen molar-refractivity contribution in [1.82, 2.24) is 14.8 Å². The highest BCUT2D eigenvalue weighted by molar-refractivity contribution is 6.13. The largest absolute Gasteiger partial charge is 0.466 e. The first-order valence-corrected chi connectivity index (χ1v) is 10.1. The third-order valence-electron chi connectivity index (χ3n) is 5.34. The Hall–Kier alpha value is -3.41. The highest BCUT2D eigenvalue weighted by Crippen LogP contribution is 2.31. The molecule has 0 bridgehead atoms. The number of aromatic nitrogens is 3. The van der Waals surface area contributed by atoms with E-state index in [-0.39, 0.29) is 11.9 Å². The van der Waals surface area contributed by atoms with E-state index in [0.29, 0.717) is 16.9 Å². The summed E-state index contributed by atoms with van der Waals surface area (Å²) in [6, 6.07) is 9.86. The van der Waals surface area contributed by atoms with Gasteiger partial charge < -0.3 is 9.73 Å². The van der Waals surface area contributed by atoms with Gasteiger partial charge in [0.2, 0.25) is 0 Å². The Morgan fingerprint density at radius 1 is 1.10 bits per heavy atom. The monoisotopic (exact) mass is 402 g/mol. The molecular weight excluding hydrogens is 376 g/mol. The minimum Gasteiger partial charge on any atom is -0.466 e. The van der Waals surface area contributed by atoms with Crippen LogP contribution in [0.2, 0.25) is 0 Å². The Labute approximate surface area is 175 Å². The smallest absolute Gasteiger partial charge is 0.256 e. The van der Waals surface area contributed by atoms with Crippen molar-refractivity contribution in [2.45, 2.75) is 47.6 Å². The van der Waals surface area contributed by atoms with Gasteiger partial charge in [0.25, 0.3) is 5.91 Å². The number of aryl methyl sites for hydroxylation is 4. The highest BCUT2D eigenvalue weighted by atomic mass is 16.3. The SMILES string of the molecule is Cc1cc(-c2cc(C(=O)Nc3c(C)cccc3C)c3cnn(C(C)C)c3n2)c(C)o1. The molecule has 0 saturated heterocycles. The molecule has 30 heavy (non-hydrogen) atoms. The number of anilines is 1. The second-order valence-electron chi connectivity index (χ2n) is 8.02. The quantitative estimate of drug-likeness (QED) is 0.471. The molecule has 0 aliphatic rings. The number of pyridine rings is 1. The molecule has 0 fully saturated rings. The van der Waals surface area contributed by atoms with E-state index >= 15 is 0 Å². The van der Waals surface area contributed by atoms with E-state index in [1.165, 1.54) is 0 Å². The van der Waals surface area contributed by atoms with Crippen LogP contribution in [0.5, 0.6) is 0 Å². The number of furan rings is 1. The summed E-state index contributed by atoms with van der Waals surface area (Å²) in [6.07, 6.45) is 1.72. The number of amides is 1. The van der Waals surface area contributed by atoms with Crippen molar-refractivity contribution in [1.29, 1.82) is 0 Å². The minimum atomic E-state index is -0.178. The number of hydrogen-bond acceptors (Lipinski definition) is 4. The van der Waals surface area contributed by atoms with Gasteiger partial charge in [-0.05, 0) is 64.8 Å². The molecule has 3 aromatic heterocycles. The molecule has 0 atom stereocenters. The van der Waals surface area contributed by atoms with E-state index in [0.717, 1.165) is 39.3 Å². The lowest BCUT2D eigenvalue weighted by Gasteiger charge is -2.13. The van der Waals surface area contributed by atoms with E-state index < -0.39 is 0 Å². The van der Waals surface area contributed by atoms with E-state index in [1.807, 2.05) is 76.6 Å². The number of hydrogen-bond donors (Lipinski definition) is 1. The van der Waals surface area contributed by atoms with Crippen LogP contribution in [0, 0.1) is 27.7 Å². The van der Waals surface area contributed by atoms with Crippen LogP contribution in [-0.4, -0.2) is 20.7 Å². The Bertz CT molecular complexity index is 1240. The van der Waals surface area contributed by atoms with Crippen molar-refractivity contribution in [3.8, 4) is 11.3 Å². The van der Waals surface area contributed by atoms with Crippen LogP contribution in [0.4, 0.5) is 5.69 Å². The first-order valence-electron chi connectivity index (χ1n) is 10.1. The van der Waals surface area contributed by atoms with Crippen LogP contribution in [0.1, 0.15) is 52.9 Å². The minimum absolute atomic E-state index is 0.118. The molecule has 4 rings (SSSR count). The van der Waals surface area contributed by atoms with E-state index in [1.54, 1.807) is 6.20 Å². The van der Waals surface area contributed by atoms with E-state index in [4.69, 9.17) is 9.40 Å². The van der Waals surface area contributed by atoms with Gasteiger partial charge in [-0.1, -0.05) is 18.2 Å². The molecule has 1 aromatic carbocycles. The third-order valence-corrected chi connectivity index (χ3v) is 5.34. The summed E-state index contributed by atoms with van der Waals surface area (Å²) >= 11 is 0. The van der Waals surface area contributed by atoms with Gasteiger partial charge in [0, 0.05) is 17.3 Å². The molecule has 0 aliphatic heterocycles. The number of nitrogens with zero attached hydrogens (tertiary/aromatic N) is 3. The fourth-order valence-electron chi connectivity index (χ4n) is 3.80. The molecule has 154 valence electrons. The van der Waals surface area contributed by atoms with Crippen LogP contribution in [0.25, 0.3) is 22.3 Å². The first-order chi connectivity index (χ1) is 14.3. The third kappa shape index (κ3) is 3.38. The van der Waals surface area contributed by atoms with Crippen molar-refractivity contribution in [2.75, 3.05) is 5.32 Å². The molecule has 0 saturated carbocycles. The number of para-hydroxylation sites is 1. The lowest BCUT2D eigenvalue weighted by Crippen LogP contribution is -2.15. The predicted octanol–water partition coefficient (Wildman–Crippen LogP) is 5.76. The number of carbonyl (C=O) groups is 1. The molecule has 1 N–H and O–H groups in total. The lowest BCUT2D eigenvalue weighted by atomic mass is 10.1. The number of carbonyl (C=O) groups excluding carboxylic acids is 1. The summed E-state index contributed by atoms with van der Waals surface area (Å²) in [4.78, 5) is 18.2. The zero-order valence-corrected chi connectivity index (χ0v) is 18.2. The van der Waals surface area contributed by atoms with Gasteiger partial charge in [-0.2, -0.15) is 5.10 Å². The van der Waals surface area contributed by atoms with Gasteiger partial charge in [0.15, 0.2) is 5.65 Å². The summed E-state index contributed by atoms with van der Waals surface area (Å²) in [5, 5.41) is 8.32. The van der Waals surface area contributed by atoms with Gasteiger partial charge in [-0.3, -0.25) is 4.79 Å². The highest BCUT2D eigenvalue weighted by Gasteiger charge is 2.21. The molecule has 4 aromatic rings. The molecular formula is C24H26N4O2. The summed E-state index contributed by atoms with van der Waals surface area (Å²) in [6.45, 7) is 11.9. The van der Waals surface area contributed by atoms with Crippen LogP contribution >= 0.6 is 0 Å². The normalized spacial score (nSPS) is 11.4. The van der Waals surface area contributed by atoms with Crippen molar-refractivity contribution in [3.05, 3.63) is 64.7 Å². The summed E-state index contributed by atoms with van der Waals surface area (Å²) in [5.41, 5.74) is 5.69. The van der Waals surface area contributed by atoms with E-state index in [9.17, 15) is 4.79 Å². The maximum absolute atomic E-state index is 13.4. The van der Waals surface area contributed by atoms with Gasteiger partial charge in [-0.15, -0.1) is 0 Å². The number of rotatable bonds is 4. The maximum atomic E-state index is 13.4. The first kappa shape index (κ1) is 19.9. The Morgan fingerprint density at radius 3 is 2.40 bits per heavy atom. The Morgan fingerprint density at radius 2 is 1.80 bits per heavy atom. The second-order valence-corrected chi connectivity index (χ2v) is 8.02. The summed E-state index contributed by atoms with van der Waals surface area (Å²) in [5.74, 6) is 1.40. The van der Waals surface area contributed by atoms with Crippen molar-refractivity contribution in [3.63, 3.8) is 0 Å². The van der Waals surface area contributed by atoms with Gasteiger partial charge >= 0.3 is 0 Å². The van der Waals surface area contributed by atoms with Crippen molar-refractivity contribution in [2.24, 2.45) is 0 Å². The van der Waals surface area contributed by atoms with Crippen LogP contribution in [-0.2, 0) is 0 Å².